The highest BCUT2D eigenvalue weighted by Gasteiger charge is 2.15. The predicted molar refractivity (Wildman–Crippen MR) is 90.9 cm³/mol. The summed E-state index contributed by atoms with van der Waals surface area (Å²) in [5.74, 6) is 0.605. The summed E-state index contributed by atoms with van der Waals surface area (Å²) in [5.41, 5.74) is 8.01. The Morgan fingerprint density at radius 3 is 2.72 bits per heavy atom. The van der Waals surface area contributed by atoms with E-state index in [4.69, 9.17) is 10.3 Å². The molecule has 0 saturated heterocycles. The molecule has 3 N–H and O–H groups in total. The maximum absolute atomic E-state index is 12.1. The third-order valence-corrected chi connectivity index (χ3v) is 3.96. The molecule has 0 aliphatic carbocycles. The van der Waals surface area contributed by atoms with Gasteiger partial charge in [-0.1, -0.05) is 35.0 Å². The number of hydrogen-bond acceptors (Lipinski definition) is 7. The highest BCUT2D eigenvalue weighted by Crippen LogP contribution is 2.17. The number of benzene rings is 1. The van der Waals surface area contributed by atoms with Gasteiger partial charge in [0.05, 0.1) is 18.0 Å². The standard InChI is InChI=1S/C17H19N5O3/c1-10-3-5-12(6-4-10)14(23)7-15-20-16(25-21-15)9-22-17(24)11(2)13(18)8-19-22/h3-6,8,14,23H,7,9,18H2,1-2H3/t14-/m0/s1. The topological polar surface area (TPSA) is 120 Å². The Morgan fingerprint density at radius 2 is 2.00 bits per heavy atom. The minimum Gasteiger partial charge on any atom is -0.397 e. The van der Waals surface area contributed by atoms with Crippen LogP contribution in [0.1, 0.15) is 34.5 Å². The van der Waals surface area contributed by atoms with Crippen LogP contribution in [0.15, 0.2) is 39.8 Å². The molecule has 1 aromatic carbocycles. The van der Waals surface area contributed by atoms with Gasteiger partial charge in [-0.25, -0.2) is 4.68 Å². The van der Waals surface area contributed by atoms with Crippen LogP contribution < -0.4 is 11.3 Å². The molecule has 0 radical (unpaired) electrons. The van der Waals surface area contributed by atoms with Crippen molar-refractivity contribution in [3.63, 3.8) is 0 Å². The second-order valence-corrected chi connectivity index (χ2v) is 5.92. The lowest BCUT2D eigenvalue weighted by atomic mass is 10.0. The number of aromatic nitrogens is 4. The van der Waals surface area contributed by atoms with E-state index in [1.807, 2.05) is 31.2 Å². The van der Waals surface area contributed by atoms with Crippen LogP contribution in [0.4, 0.5) is 5.69 Å². The fourth-order valence-electron chi connectivity index (χ4n) is 2.36. The average molecular weight is 341 g/mol. The van der Waals surface area contributed by atoms with Gasteiger partial charge in [0, 0.05) is 12.0 Å². The van der Waals surface area contributed by atoms with Crippen LogP contribution in [0.5, 0.6) is 0 Å². The van der Waals surface area contributed by atoms with Gasteiger partial charge >= 0.3 is 0 Å². The van der Waals surface area contributed by atoms with Crippen LogP contribution in [0, 0.1) is 13.8 Å². The van der Waals surface area contributed by atoms with Gasteiger partial charge in [0.25, 0.3) is 5.56 Å². The molecule has 0 spiro atoms. The zero-order valence-electron chi connectivity index (χ0n) is 14.0. The number of aliphatic hydroxyl groups excluding tert-OH is 1. The Hall–Kier alpha value is -3.00. The third-order valence-electron chi connectivity index (χ3n) is 3.96. The van der Waals surface area contributed by atoms with Crippen molar-refractivity contribution in [1.29, 1.82) is 0 Å². The van der Waals surface area contributed by atoms with Gasteiger partial charge in [0.15, 0.2) is 5.82 Å². The van der Waals surface area contributed by atoms with Crippen molar-refractivity contribution in [2.24, 2.45) is 0 Å². The fraction of sp³-hybridized carbons (Fsp3) is 0.294. The SMILES string of the molecule is Cc1ccc([C@@H](O)Cc2noc(Cn3ncc(N)c(C)c3=O)n2)cc1. The molecule has 25 heavy (non-hydrogen) atoms. The van der Waals surface area contributed by atoms with Gasteiger partial charge in [-0.15, -0.1) is 0 Å². The fourth-order valence-corrected chi connectivity index (χ4v) is 2.36. The monoisotopic (exact) mass is 341 g/mol. The molecule has 1 atom stereocenters. The summed E-state index contributed by atoms with van der Waals surface area (Å²) in [7, 11) is 0. The smallest absolute Gasteiger partial charge is 0.272 e. The molecule has 2 aromatic heterocycles. The highest BCUT2D eigenvalue weighted by atomic mass is 16.5. The number of aryl methyl sites for hydroxylation is 1. The highest BCUT2D eigenvalue weighted by molar-refractivity contribution is 5.41. The average Bonchev–Trinajstić information content (AvgIpc) is 3.03. The number of anilines is 1. The van der Waals surface area contributed by atoms with E-state index in [-0.39, 0.29) is 24.4 Å². The lowest BCUT2D eigenvalue weighted by Gasteiger charge is -2.08. The Balaban J connectivity index is 1.71. The van der Waals surface area contributed by atoms with E-state index in [0.717, 1.165) is 11.1 Å². The molecule has 0 saturated carbocycles. The van der Waals surface area contributed by atoms with Crippen molar-refractivity contribution >= 4 is 5.69 Å². The molecule has 0 bridgehead atoms. The van der Waals surface area contributed by atoms with E-state index < -0.39 is 6.10 Å². The van der Waals surface area contributed by atoms with Crippen LogP contribution in [-0.4, -0.2) is 25.0 Å². The van der Waals surface area contributed by atoms with Crippen LogP contribution in [-0.2, 0) is 13.0 Å². The molecular weight excluding hydrogens is 322 g/mol. The van der Waals surface area contributed by atoms with Crippen molar-refractivity contribution in [2.75, 3.05) is 5.73 Å². The van der Waals surface area contributed by atoms with Crippen molar-refractivity contribution in [2.45, 2.75) is 32.9 Å². The first-order valence-electron chi connectivity index (χ1n) is 7.82. The summed E-state index contributed by atoms with van der Waals surface area (Å²) in [4.78, 5) is 16.3. The first-order chi connectivity index (χ1) is 11.9. The number of rotatable bonds is 5. The Kier molecular flexibility index (Phi) is 4.62. The van der Waals surface area contributed by atoms with Crippen molar-refractivity contribution in [1.82, 2.24) is 19.9 Å². The third kappa shape index (κ3) is 3.74. The first-order valence-corrected chi connectivity index (χ1v) is 7.82. The van der Waals surface area contributed by atoms with Gasteiger partial charge in [0.2, 0.25) is 5.89 Å². The Bertz CT molecular complexity index is 930. The zero-order chi connectivity index (χ0) is 18.0. The molecule has 8 heteroatoms. The van der Waals surface area contributed by atoms with Crippen LogP contribution in [0.3, 0.4) is 0 Å². The van der Waals surface area contributed by atoms with E-state index in [1.165, 1.54) is 10.9 Å². The lowest BCUT2D eigenvalue weighted by Crippen LogP contribution is -2.26. The molecule has 130 valence electrons. The van der Waals surface area contributed by atoms with Gasteiger partial charge in [-0.2, -0.15) is 10.1 Å². The lowest BCUT2D eigenvalue weighted by molar-refractivity contribution is 0.174. The van der Waals surface area contributed by atoms with Gasteiger partial charge < -0.3 is 15.4 Å². The number of nitrogens with two attached hydrogens (primary N) is 1. The Labute approximate surface area is 143 Å². The normalized spacial score (nSPS) is 12.3. The van der Waals surface area contributed by atoms with Gasteiger partial charge in [-0.3, -0.25) is 4.79 Å². The molecule has 2 heterocycles. The summed E-state index contributed by atoms with van der Waals surface area (Å²) in [6.45, 7) is 3.66. The summed E-state index contributed by atoms with van der Waals surface area (Å²) in [6, 6.07) is 7.59. The Morgan fingerprint density at radius 1 is 1.28 bits per heavy atom. The van der Waals surface area contributed by atoms with Gasteiger partial charge in [0.1, 0.15) is 6.54 Å². The van der Waals surface area contributed by atoms with Crippen LogP contribution >= 0.6 is 0 Å². The second-order valence-electron chi connectivity index (χ2n) is 5.92. The molecule has 3 rings (SSSR count). The molecular formula is C17H19N5O3. The van der Waals surface area contributed by atoms with Gasteiger partial charge in [-0.05, 0) is 19.4 Å². The maximum atomic E-state index is 12.1. The number of nitrogen functional groups attached to an aromatic ring is 1. The zero-order valence-corrected chi connectivity index (χ0v) is 14.0. The van der Waals surface area contributed by atoms with E-state index >= 15 is 0 Å². The minimum absolute atomic E-state index is 0.0492. The predicted octanol–water partition coefficient (Wildman–Crippen LogP) is 1.15. The molecule has 0 amide bonds. The molecule has 8 nitrogen and oxygen atoms in total. The minimum atomic E-state index is -0.731. The summed E-state index contributed by atoms with van der Waals surface area (Å²) < 4.78 is 6.35. The molecule has 0 fully saturated rings. The molecule has 0 aliphatic heterocycles. The summed E-state index contributed by atoms with van der Waals surface area (Å²) >= 11 is 0. The van der Waals surface area contributed by atoms with Crippen LogP contribution in [0.25, 0.3) is 0 Å². The summed E-state index contributed by atoms with van der Waals surface area (Å²) in [5, 5.41) is 18.1. The molecule has 3 aromatic rings. The van der Waals surface area contributed by atoms with Crippen molar-refractivity contribution in [3.05, 3.63) is 69.2 Å². The maximum Gasteiger partial charge on any atom is 0.272 e. The summed E-state index contributed by atoms with van der Waals surface area (Å²) in [6.07, 6.45) is 0.899. The largest absolute Gasteiger partial charge is 0.397 e. The van der Waals surface area contributed by atoms with E-state index in [9.17, 15) is 9.90 Å². The van der Waals surface area contributed by atoms with Crippen LogP contribution in [0.2, 0.25) is 0 Å². The quantitative estimate of drug-likeness (QED) is 0.714. The van der Waals surface area contributed by atoms with E-state index in [1.54, 1.807) is 6.92 Å². The first kappa shape index (κ1) is 16.8. The van der Waals surface area contributed by atoms with Crippen molar-refractivity contribution in [3.8, 4) is 0 Å². The van der Waals surface area contributed by atoms with E-state index in [2.05, 4.69) is 15.2 Å². The molecule has 0 unspecified atom stereocenters. The number of aliphatic hydroxyl groups is 1. The molecule has 0 aliphatic rings. The number of nitrogens with zero attached hydrogens (tertiary/aromatic N) is 4. The second kappa shape index (κ2) is 6.86. The van der Waals surface area contributed by atoms with Crippen molar-refractivity contribution < 1.29 is 9.63 Å². The van der Waals surface area contributed by atoms with E-state index in [0.29, 0.717) is 17.1 Å². The number of hydrogen-bond donors (Lipinski definition) is 2.